The molecule has 2 rings (SSSR count). The van der Waals surface area contributed by atoms with Crippen LogP contribution >= 0.6 is 11.6 Å². The third kappa shape index (κ3) is 1.53. The molecule has 0 amide bonds. The zero-order chi connectivity index (χ0) is 10.1. The third-order valence-corrected chi connectivity index (χ3v) is 2.37. The Balaban J connectivity index is 2.73. The number of nitrogens with zero attached hydrogens (tertiary/aromatic N) is 1. The van der Waals surface area contributed by atoms with Gasteiger partial charge < -0.3 is 4.74 Å². The lowest BCUT2D eigenvalue weighted by Crippen LogP contribution is -1.88. The predicted octanol–water partition coefficient (Wildman–Crippen LogP) is 3.21. The van der Waals surface area contributed by atoms with Gasteiger partial charge in [-0.1, -0.05) is 11.6 Å². The molecule has 1 aromatic carbocycles. The van der Waals surface area contributed by atoms with Crippen LogP contribution in [0, 0.1) is 6.92 Å². The summed E-state index contributed by atoms with van der Waals surface area (Å²) in [6, 6.07) is 5.84. The molecule has 0 fully saturated rings. The second kappa shape index (κ2) is 3.46. The minimum Gasteiger partial charge on any atom is -0.496 e. The highest BCUT2D eigenvalue weighted by Crippen LogP contribution is 2.25. The number of aromatic nitrogens is 1. The predicted molar refractivity (Wildman–Crippen MR) is 58.0 cm³/mol. The maximum atomic E-state index is 5.85. The molecule has 0 aliphatic rings. The van der Waals surface area contributed by atoms with Gasteiger partial charge in [0.05, 0.1) is 17.6 Å². The summed E-state index contributed by atoms with van der Waals surface area (Å²) in [5, 5.41) is 1.69. The maximum Gasteiger partial charge on any atom is 0.123 e. The number of ether oxygens (including phenoxy) is 1. The Morgan fingerprint density at radius 2 is 2.07 bits per heavy atom. The van der Waals surface area contributed by atoms with Crippen molar-refractivity contribution in [1.82, 2.24) is 4.98 Å². The number of pyridine rings is 1. The van der Waals surface area contributed by atoms with Gasteiger partial charge in [0.15, 0.2) is 0 Å². The molecule has 0 N–H and O–H groups in total. The molecule has 0 bridgehead atoms. The van der Waals surface area contributed by atoms with E-state index in [2.05, 4.69) is 4.98 Å². The van der Waals surface area contributed by atoms with Crippen molar-refractivity contribution in [2.45, 2.75) is 6.92 Å². The molecule has 1 heterocycles. The average molecular weight is 208 g/mol. The molecule has 2 nitrogen and oxygen atoms in total. The molecule has 0 aliphatic carbocycles. The van der Waals surface area contributed by atoms with E-state index in [4.69, 9.17) is 16.3 Å². The van der Waals surface area contributed by atoms with Gasteiger partial charge in [0.1, 0.15) is 5.75 Å². The summed E-state index contributed by atoms with van der Waals surface area (Å²) in [6.45, 7) is 2.00. The molecule has 0 atom stereocenters. The minimum absolute atomic E-state index is 0.655. The van der Waals surface area contributed by atoms with E-state index in [-0.39, 0.29) is 0 Å². The molecule has 0 unspecified atom stereocenters. The molecule has 72 valence electrons. The number of halogens is 1. The maximum absolute atomic E-state index is 5.85. The normalized spacial score (nSPS) is 10.5. The van der Waals surface area contributed by atoms with Gasteiger partial charge in [-0.15, -0.1) is 0 Å². The molecule has 2 aromatic rings. The number of benzene rings is 1. The topological polar surface area (TPSA) is 22.1 Å². The monoisotopic (exact) mass is 207 g/mol. The van der Waals surface area contributed by atoms with E-state index in [1.54, 1.807) is 13.3 Å². The lowest BCUT2D eigenvalue weighted by atomic mass is 10.1. The van der Waals surface area contributed by atoms with Crippen molar-refractivity contribution >= 4 is 22.5 Å². The highest BCUT2D eigenvalue weighted by atomic mass is 35.5. The van der Waals surface area contributed by atoms with Crippen LogP contribution in [0.4, 0.5) is 0 Å². The van der Waals surface area contributed by atoms with E-state index < -0.39 is 0 Å². The van der Waals surface area contributed by atoms with Crippen molar-refractivity contribution in [3.05, 3.63) is 35.0 Å². The number of hydrogen-bond donors (Lipinski definition) is 0. The van der Waals surface area contributed by atoms with Crippen molar-refractivity contribution in [3.63, 3.8) is 0 Å². The first-order valence-electron chi connectivity index (χ1n) is 4.30. The SMILES string of the molecule is COc1cc2ncc(Cl)cc2cc1C. The molecule has 14 heavy (non-hydrogen) atoms. The summed E-state index contributed by atoms with van der Waals surface area (Å²) in [4.78, 5) is 4.22. The smallest absolute Gasteiger partial charge is 0.123 e. The van der Waals surface area contributed by atoms with Gasteiger partial charge in [0, 0.05) is 17.6 Å². The van der Waals surface area contributed by atoms with Crippen LogP contribution in [0.1, 0.15) is 5.56 Å². The first-order chi connectivity index (χ1) is 6.70. The van der Waals surface area contributed by atoms with Crippen molar-refractivity contribution < 1.29 is 4.74 Å². The number of hydrogen-bond acceptors (Lipinski definition) is 2. The summed E-state index contributed by atoms with van der Waals surface area (Å²) < 4.78 is 5.21. The van der Waals surface area contributed by atoms with E-state index in [1.165, 1.54) is 0 Å². The zero-order valence-corrected chi connectivity index (χ0v) is 8.80. The van der Waals surface area contributed by atoms with E-state index in [1.807, 2.05) is 25.1 Å². The molecule has 0 spiro atoms. The van der Waals surface area contributed by atoms with Gasteiger partial charge in [0.2, 0.25) is 0 Å². The first kappa shape index (κ1) is 9.28. The Hall–Kier alpha value is -1.28. The summed E-state index contributed by atoms with van der Waals surface area (Å²) in [5.41, 5.74) is 1.99. The Bertz CT molecular complexity index is 482. The average Bonchev–Trinajstić information content (AvgIpc) is 2.16. The van der Waals surface area contributed by atoms with E-state index in [9.17, 15) is 0 Å². The standard InChI is InChI=1S/C11H10ClNO/c1-7-3-8-4-9(12)6-13-10(8)5-11(7)14-2/h3-6H,1-2H3. The number of rotatable bonds is 1. The third-order valence-electron chi connectivity index (χ3n) is 2.16. The zero-order valence-electron chi connectivity index (χ0n) is 8.04. The highest BCUT2D eigenvalue weighted by Gasteiger charge is 2.02. The summed E-state index contributed by atoms with van der Waals surface area (Å²) in [6.07, 6.45) is 1.64. The quantitative estimate of drug-likeness (QED) is 0.717. The first-order valence-corrected chi connectivity index (χ1v) is 4.68. The van der Waals surface area contributed by atoms with Crippen LogP contribution in [0.3, 0.4) is 0 Å². The van der Waals surface area contributed by atoms with Gasteiger partial charge in [-0.3, -0.25) is 4.98 Å². The fraction of sp³-hybridized carbons (Fsp3) is 0.182. The van der Waals surface area contributed by atoms with Crippen LogP contribution < -0.4 is 4.74 Å². The van der Waals surface area contributed by atoms with E-state index in [0.29, 0.717) is 5.02 Å². The van der Waals surface area contributed by atoms with E-state index >= 15 is 0 Å². The second-order valence-corrected chi connectivity index (χ2v) is 3.60. The number of methoxy groups -OCH3 is 1. The molecule has 0 saturated carbocycles. The Morgan fingerprint density at radius 1 is 1.29 bits per heavy atom. The van der Waals surface area contributed by atoms with E-state index in [0.717, 1.165) is 22.2 Å². The van der Waals surface area contributed by atoms with Crippen molar-refractivity contribution in [2.75, 3.05) is 7.11 Å². The summed E-state index contributed by atoms with van der Waals surface area (Å²) in [5.74, 6) is 0.854. The second-order valence-electron chi connectivity index (χ2n) is 3.17. The lowest BCUT2D eigenvalue weighted by Gasteiger charge is -2.06. The van der Waals surface area contributed by atoms with Crippen LogP contribution in [0.5, 0.6) is 5.75 Å². The van der Waals surface area contributed by atoms with Crippen LogP contribution in [-0.2, 0) is 0 Å². The molecular weight excluding hydrogens is 198 g/mol. The van der Waals surface area contributed by atoms with Gasteiger partial charge in [0.25, 0.3) is 0 Å². The minimum atomic E-state index is 0.655. The lowest BCUT2D eigenvalue weighted by molar-refractivity contribution is 0.412. The van der Waals surface area contributed by atoms with Crippen LogP contribution in [0.25, 0.3) is 10.9 Å². The van der Waals surface area contributed by atoms with Gasteiger partial charge in [-0.2, -0.15) is 0 Å². The van der Waals surface area contributed by atoms with Crippen LogP contribution in [-0.4, -0.2) is 12.1 Å². The van der Waals surface area contributed by atoms with Crippen molar-refractivity contribution in [1.29, 1.82) is 0 Å². The van der Waals surface area contributed by atoms with Gasteiger partial charge >= 0.3 is 0 Å². The Morgan fingerprint density at radius 3 is 2.79 bits per heavy atom. The fourth-order valence-corrected chi connectivity index (χ4v) is 1.63. The van der Waals surface area contributed by atoms with Crippen molar-refractivity contribution in [2.24, 2.45) is 0 Å². The molecule has 3 heteroatoms. The Labute approximate surface area is 87.5 Å². The van der Waals surface area contributed by atoms with Gasteiger partial charge in [-0.05, 0) is 24.6 Å². The summed E-state index contributed by atoms with van der Waals surface area (Å²) >= 11 is 5.85. The van der Waals surface area contributed by atoms with Crippen LogP contribution in [0.2, 0.25) is 5.02 Å². The molecule has 0 radical (unpaired) electrons. The summed E-state index contributed by atoms with van der Waals surface area (Å²) in [7, 11) is 1.66. The fourth-order valence-electron chi connectivity index (χ4n) is 1.46. The molecule has 0 saturated heterocycles. The van der Waals surface area contributed by atoms with Crippen LogP contribution in [0.15, 0.2) is 24.4 Å². The molecular formula is C11H10ClNO. The Kier molecular flexibility index (Phi) is 2.30. The van der Waals surface area contributed by atoms with Crippen molar-refractivity contribution in [3.8, 4) is 5.75 Å². The van der Waals surface area contributed by atoms with Gasteiger partial charge in [-0.25, -0.2) is 0 Å². The number of aryl methyl sites for hydroxylation is 1. The highest BCUT2D eigenvalue weighted by molar-refractivity contribution is 6.31. The molecule has 0 aliphatic heterocycles. The largest absolute Gasteiger partial charge is 0.496 e. The molecule has 1 aromatic heterocycles. The number of fused-ring (bicyclic) bond motifs is 1.